The average Bonchev–Trinajstić information content (AvgIpc) is 3.27. The second-order valence-corrected chi connectivity index (χ2v) is 8.89. The van der Waals surface area contributed by atoms with Gasteiger partial charge in [-0.2, -0.15) is 0 Å². The van der Waals surface area contributed by atoms with Gasteiger partial charge in [0.05, 0.1) is 18.9 Å². The molecule has 0 saturated heterocycles. The Morgan fingerprint density at radius 3 is 2.00 bits per heavy atom. The summed E-state index contributed by atoms with van der Waals surface area (Å²) < 4.78 is 0. The molecular weight excluding hydrogens is 532 g/mol. The zero-order chi connectivity index (χ0) is 30.0. The van der Waals surface area contributed by atoms with Crippen LogP contribution in [0, 0.1) is 0 Å². The summed E-state index contributed by atoms with van der Waals surface area (Å²) in [5.74, 6) is -8.70. The van der Waals surface area contributed by atoms with Crippen LogP contribution >= 0.6 is 0 Å². The second kappa shape index (κ2) is 14.2. The lowest BCUT2D eigenvalue weighted by atomic mass is 10.0. The minimum Gasteiger partial charge on any atom is -0.481 e. The lowest BCUT2D eigenvalue weighted by Crippen LogP contribution is -2.58. The third-order valence-electron chi connectivity index (χ3n) is 5.76. The van der Waals surface area contributed by atoms with Crippen molar-refractivity contribution in [1.82, 2.24) is 20.9 Å². The highest BCUT2D eigenvalue weighted by molar-refractivity contribution is 5.96. The fourth-order valence-electron chi connectivity index (χ4n) is 3.78. The van der Waals surface area contributed by atoms with E-state index >= 15 is 0 Å². The first kappa shape index (κ1) is 31.2. The Hall–Kier alpha value is -4.99. The molecule has 0 spiro atoms. The van der Waals surface area contributed by atoms with E-state index in [2.05, 4.69) is 15.6 Å². The molecule has 0 aliphatic heterocycles. The number of carboxylic acids is 3. The summed E-state index contributed by atoms with van der Waals surface area (Å²) in [6.45, 7) is 0. The van der Waals surface area contributed by atoms with Gasteiger partial charge in [-0.1, -0.05) is 18.2 Å². The molecule has 16 heteroatoms. The van der Waals surface area contributed by atoms with Crippen molar-refractivity contribution < 1.29 is 48.9 Å². The SMILES string of the molecule is NC(=O)CC(NC(=O)C(CCC(=O)O)NC(=O)C(CC(=O)O)NC(=O)C(N)Cc1c[nH]c2ccccc12)C(=O)O. The topological polar surface area (TPSA) is 284 Å². The van der Waals surface area contributed by atoms with Crippen molar-refractivity contribution >= 4 is 52.4 Å². The number of carbonyl (C=O) groups excluding carboxylic acids is 4. The number of nitrogens with one attached hydrogen (secondary N) is 4. The number of aromatic nitrogens is 1. The number of fused-ring (bicyclic) bond motifs is 1. The summed E-state index contributed by atoms with van der Waals surface area (Å²) in [6, 6.07) is 0.890. The quantitative estimate of drug-likeness (QED) is 0.106. The number of rotatable bonds is 16. The molecule has 216 valence electrons. The van der Waals surface area contributed by atoms with Crippen LogP contribution in [0.2, 0.25) is 0 Å². The van der Waals surface area contributed by atoms with Crippen molar-refractivity contribution in [2.24, 2.45) is 11.5 Å². The summed E-state index contributed by atoms with van der Waals surface area (Å²) in [5.41, 5.74) is 12.5. The van der Waals surface area contributed by atoms with Gasteiger partial charge in [0.2, 0.25) is 23.6 Å². The molecule has 2 aromatic rings. The van der Waals surface area contributed by atoms with Crippen molar-refractivity contribution in [3.05, 3.63) is 36.0 Å². The third-order valence-corrected chi connectivity index (χ3v) is 5.76. The molecule has 0 fully saturated rings. The number of nitrogens with two attached hydrogens (primary N) is 2. The molecule has 0 aliphatic carbocycles. The van der Waals surface area contributed by atoms with Gasteiger partial charge in [0.1, 0.15) is 18.1 Å². The third kappa shape index (κ3) is 9.39. The molecule has 0 aliphatic rings. The molecule has 2 rings (SSSR count). The fourth-order valence-corrected chi connectivity index (χ4v) is 3.78. The van der Waals surface area contributed by atoms with Crippen LogP contribution in [0.1, 0.15) is 31.2 Å². The summed E-state index contributed by atoms with van der Waals surface area (Å²) >= 11 is 0. The van der Waals surface area contributed by atoms with E-state index in [-0.39, 0.29) is 6.42 Å². The Kier molecular flexibility index (Phi) is 11.1. The predicted octanol–water partition coefficient (Wildman–Crippen LogP) is -2.21. The van der Waals surface area contributed by atoms with Gasteiger partial charge in [0, 0.05) is 23.5 Å². The van der Waals surface area contributed by atoms with Crippen molar-refractivity contribution in [2.75, 3.05) is 0 Å². The van der Waals surface area contributed by atoms with Crippen molar-refractivity contribution in [2.45, 2.75) is 56.3 Å². The molecule has 11 N–H and O–H groups in total. The van der Waals surface area contributed by atoms with Gasteiger partial charge >= 0.3 is 17.9 Å². The number of carboxylic acid groups (broad SMARTS) is 3. The molecule has 1 aromatic heterocycles. The Bertz CT molecular complexity index is 1290. The molecule has 0 bridgehead atoms. The van der Waals surface area contributed by atoms with Crippen LogP contribution in [0.15, 0.2) is 30.5 Å². The average molecular weight is 563 g/mol. The first-order valence-electron chi connectivity index (χ1n) is 11.9. The smallest absolute Gasteiger partial charge is 0.326 e. The molecule has 4 unspecified atom stereocenters. The summed E-state index contributed by atoms with van der Waals surface area (Å²) in [5, 5.41) is 34.6. The highest BCUT2D eigenvalue weighted by atomic mass is 16.4. The van der Waals surface area contributed by atoms with Crippen LogP contribution in [0.3, 0.4) is 0 Å². The van der Waals surface area contributed by atoms with Gasteiger partial charge in [-0.15, -0.1) is 0 Å². The lowest BCUT2D eigenvalue weighted by molar-refractivity contribution is -0.144. The Morgan fingerprint density at radius 1 is 0.800 bits per heavy atom. The minimum absolute atomic E-state index is 0.0390. The number of carbonyl (C=O) groups is 7. The molecule has 0 saturated carbocycles. The fraction of sp³-hybridized carbons (Fsp3) is 0.375. The van der Waals surface area contributed by atoms with Crippen LogP contribution in [-0.4, -0.2) is 86.0 Å². The molecule has 0 radical (unpaired) electrons. The summed E-state index contributed by atoms with van der Waals surface area (Å²) in [6.07, 6.45) is -1.16. The molecule has 1 aromatic carbocycles. The monoisotopic (exact) mass is 562 g/mol. The van der Waals surface area contributed by atoms with Crippen LogP contribution in [0.4, 0.5) is 0 Å². The van der Waals surface area contributed by atoms with Gasteiger partial charge in [-0.3, -0.25) is 28.8 Å². The van der Waals surface area contributed by atoms with Crippen molar-refractivity contribution in [3.63, 3.8) is 0 Å². The maximum Gasteiger partial charge on any atom is 0.326 e. The molecule has 4 amide bonds. The second-order valence-electron chi connectivity index (χ2n) is 8.89. The van der Waals surface area contributed by atoms with Crippen LogP contribution < -0.4 is 27.4 Å². The number of primary amides is 1. The number of H-pyrrole nitrogens is 1. The van der Waals surface area contributed by atoms with Crippen LogP contribution in [0.5, 0.6) is 0 Å². The number of para-hydroxylation sites is 1. The highest BCUT2D eigenvalue weighted by Crippen LogP contribution is 2.18. The van der Waals surface area contributed by atoms with Crippen LogP contribution in [0.25, 0.3) is 10.9 Å². The van der Waals surface area contributed by atoms with E-state index in [1.54, 1.807) is 12.3 Å². The molecule has 1 heterocycles. The highest BCUT2D eigenvalue weighted by Gasteiger charge is 2.32. The lowest BCUT2D eigenvalue weighted by Gasteiger charge is -2.24. The molecule has 16 nitrogen and oxygen atoms in total. The first-order valence-corrected chi connectivity index (χ1v) is 11.9. The number of benzene rings is 1. The number of aromatic amines is 1. The van der Waals surface area contributed by atoms with E-state index in [1.807, 2.05) is 23.5 Å². The van der Waals surface area contributed by atoms with E-state index in [4.69, 9.17) is 16.6 Å². The van der Waals surface area contributed by atoms with E-state index in [9.17, 15) is 43.8 Å². The van der Waals surface area contributed by atoms with Gasteiger partial charge in [0.15, 0.2) is 0 Å². The standard InChI is InChI=1S/C24H30N6O10/c25-13(7-11-10-27-14-4-2-1-3-12(11)14)21(36)29-16(9-20(34)35)23(38)28-15(5-6-19(32)33)22(37)30-17(24(39)40)8-18(26)31/h1-4,10,13,15-17,27H,5-9,25H2,(H2,26,31)(H,28,38)(H,29,36)(H,30,37)(H,32,33)(H,34,35)(H,39,40). The minimum atomic E-state index is -1.77. The van der Waals surface area contributed by atoms with Gasteiger partial charge in [-0.05, 0) is 24.5 Å². The molecule has 40 heavy (non-hydrogen) atoms. The van der Waals surface area contributed by atoms with Crippen molar-refractivity contribution in [3.8, 4) is 0 Å². The van der Waals surface area contributed by atoms with Gasteiger partial charge in [0.25, 0.3) is 0 Å². The number of amides is 4. The number of hydrogen-bond donors (Lipinski definition) is 9. The van der Waals surface area contributed by atoms with E-state index in [0.29, 0.717) is 5.56 Å². The van der Waals surface area contributed by atoms with E-state index < -0.39 is 91.4 Å². The largest absolute Gasteiger partial charge is 0.481 e. The first-order chi connectivity index (χ1) is 18.8. The maximum absolute atomic E-state index is 12.9. The van der Waals surface area contributed by atoms with Gasteiger partial charge in [-0.25, -0.2) is 4.79 Å². The Balaban J connectivity index is 2.16. The van der Waals surface area contributed by atoms with E-state index in [0.717, 1.165) is 10.9 Å². The zero-order valence-corrected chi connectivity index (χ0v) is 21.1. The number of aliphatic carboxylic acids is 3. The predicted molar refractivity (Wildman–Crippen MR) is 136 cm³/mol. The normalized spacial score (nSPS) is 13.8. The summed E-state index contributed by atoms with van der Waals surface area (Å²) in [4.78, 5) is 86.3. The Labute approximate surface area is 226 Å². The summed E-state index contributed by atoms with van der Waals surface area (Å²) in [7, 11) is 0. The Morgan fingerprint density at radius 2 is 1.40 bits per heavy atom. The van der Waals surface area contributed by atoms with E-state index in [1.165, 1.54) is 0 Å². The molecule has 4 atom stereocenters. The maximum atomic E-state index is 12.9. The van der Waals surface area contributed by atoms with Crippen LogP contribution in [-0.2, 0) is 40.0 Å². The van der Waals surface area contributed by atoms with Crippen molar-refractivity contribution in [1.29, 1.82) is 0 Å². The molecular formula is C24H30N6O10. The number of hydrogen-bond acceptors (Lipinski definition) is 8. The van der Waals surface area contributed by atoms with Gasteiger partial charge < -0.3 is 47.7 Å². The zero-order valence-electron chi connectivity index (χ0n) is 21.1.